The quantitative estimate of drug-likeness (QED) is 0.714. The zero-order valence-corrected chi connectivity index (χ0v) is 17.9. The molecule has 0 aliphatic carbocycles. The van der Waals surface area contributed by atoms with Crippen molar-refractivity contribution >= 4 is 35.2 Å². The van der Waals surface area contributed by atoms with Gasteiger partial charge < -0.3 is 14.5 Å². The molecular formula is C19H22Cl2N4O5. The van der Waals surface area contributed by atoms with Gasteiger partial charge in [0.05, 0.1) is 0 Å². The molecule has 3 rings (SSSR count). The Morgan fingerprint density at radius 1 is 1.27 bits per heavy atom. The van der Waals surface area contributed by atoms with Crippen molar-refractivity contribution in [2.75, 3.05) is 26.7 Å². The van der Waals surface area contributed by atoms with Gasteiger partial charge in [0.2, 0.25) is 5.82 Å². The summed E-state index contributed by atoms with van der Waals surface area (Å²) in [6, 6.07) is 5.04. The van der Waals surface area contributed by atoms with Crippen molar-refractivity contribution in [3.8, 4) is 0 Å². The van der Waals surface area contributed by atoms with Crippen LogP contribution in [0.2, 0.25) is 10.0 Å². The third-order valence-corrected chi connectivity index (χ3v) is 5.46. The van der Waals surface area contributed by atoms with Crippen LogP contribution in [0.4, 0.5) is 4.79 Å². The van der Waals surface area contributed by atoms with Crippen LogP contribution >= 0.6 is 23.2 Å². The van der Waals surface area contributed by atoms with Crippen LogP contribution in [0.5, 0.6) is 0 Å². The molecule has 0 unspecified atom stereocenters. The average molecular weight is 457 g/mol. The zero-order chi connectivity index (χ0) is 21.7. The molecule has 2 heterocycles. The van der Waals surface area contributed by atoms with Gasteiger partial charge in [-0.3, -0.25) is 14.3 Å². The topological polar surface area (TPSA) is 109 Å². The Morgan fingerprint density at radius 3 is 2.53 bits per heavy atom. The molecule has 0 spiro atoms. The summed E-state index contributed by atoms with van der Waals surface area (Å²) in [5.41, 5.74) is 0.733. The third kappa shape index (κ3) is 5.99. The number of ether oxygens (including phenoxy) is 1. The summed E-state index contributed by atoms with van der Waals surface area (Å²) in [7, 11) is 1.64. The largest absolute Gasteiger partial charge is 0.445 e. The van der Waals surface area contributed by atoms with E-state index >= 15 is 0 Å². The molecular weight excluding hydrogens is 435 g/mol. The Labute approximate surface area is 182 Å². The van der Waals surface area contributed by atoms with Gasteiger partial charge in [0.25, 0.3) is 5.91 Å². The van der Waals surface area contributed by atoms with Gasteiger partial charge in [0, 0.05) is 36.7 Å². The molecule has 1 aliphatic rings. The van der Waals surface area contributed by atoms with E-state index in [1.54, 1.807) is 30.1 Å². The summed E-state index contributed by atoms with van der Waals surface area (Å²) in [6.07, 6.45) is 2.06. The second-order valence-corrected chi connectivity index (χ2v) is 8.09. The number of aromatic nitrogens is 2. The molecule has 1 aliphatic heterocycles. The number of likely N-dealkylation sites (tertiary alicyclic amines) is 1. The first-order chi connectivity index (χ1) is 14.3. The molecule has 1 fully saturated rings. The molecule has 0 bridgehead atoms. The Morgan fingerprint density at radius 2 is 1.93 bits per heavy atom. The average Bonchev–Trinajstić information content (AvgIpc) is 3.15. The molecule has 11 heteroatoms. The number of amides is 2. The van der Waals surface area contributed by atoms with Gasteiger partial charge in [-0.1, -0.05) is 23.2 Å². The second kappa shape index (κ2) is 9.99. The van der Waals surface area contributed by atoms with Crippen molar-refractivity contribution < 1.29 is 18.8 Å². The minimum absolute atomic E-state index is 0.107. The van der Waals surface area contributed by atoms with E-state index in [4.69, 9.17) is 27.9 Å². The Bertz CT molecular complexity index is 932. The molecule has 1 aromatic heterocycles. The SMILES string of the molecule is CN(CCC1CCN(C(=O)OCc2cc(Cl)cc(Cl)c2)CC1)C(=O)c1noc(=O)[nH]1. The highest BCUT2D eigenvalue weighted by Crippen LogP contribution is 2.23. The number of aromatic amines is 1. The lowest BCUT2D eigenvalue weighted by Crippen LogP contribution is -2.39. The maximum Gasteiger partial charge on any atom is 0.439 e. The van der Waals surface area contributed by atoms with Crippen LogP contribution in [0.15, 0.2) is 27.5 Å². The lowest BCUT2D eigenvalue weighted by Gasteiger charge is -2.32. The standard InChI is InChI=1S/C19H22Cl2N4O5/c1-24(17(26)16-22-18(27)30-23-16)5-2-12-3-6-25(7-4-12)19(28)29-11-13-8-14(20)10-15(21)9-13/h8-10,12H,2-7,11H2,1H3,(H,22,23,27). The minimum Gasteiger partial charge on any atom is -0.445 e. The first-order valence-electron chi connectivity index (χ1n) is 9.50. The predicted octanol–water partition coefficient (Wildman–Crippen LogP) is 3.18. The third-order valence-electron chi connectivity index (χ3n) is 5.02. The molecule has 9 nitrogen and oxygen atoms in total. The molecule has 1 saturated heterocycles. The van der Waals surface area contributed by atoms with E-state index in [1.165, 1.54) is 4.90 Å². The highest BCUT2D eigenvalue weighted by Gasteiger charge is 2.25. The summed E-state index contributed by atoms with van der Waals surface area (Å²) in [5.74, 6) is -0.888. The van der Waals surface area contributed by atoms with E-state index in [1.807, 2.05) is 0 Å². The van der Waals surface area contributed by atoms with Crippen LogP contribution < -0.4 is 5.76 Å². The number of hydrogen-bond donors (Lipinski definition) is 1. The zero-order valence-electron chi connectivity index (χ0n) is 16.4. The lowest BCUT2D eigenvalue weighted by molar-refractivity contribution is 0.0737. The van der Waals surface area contributed by atoms with Crippen molar-refractivity contribution in [3.05, 3.63) is 50.2 Å². The van der Waals surface area contributed by atoms with Crippen LogP contribution in [0.3, 0.4) is 0 Å². The Hall–Kier alpha value is -2.52. The van der Waals surface area contributed by atoms with Crippen molar-refractivity contribution in [2.24, 2.45) is 5.92 Å². The summed E-state index contributed by atoms with van der Waals surface area (Å²) < 4.78 is 9.72. The number of nitrogens with one attached hydrogen (secondary N) is 1. The maximum absolute atomic E-state index is 12.3. The van der Waals surface area contributed by atoms with Crippen LogP contribution in [-0.4, -0.2) is 58.6 Å². The molecule has 0 saturated carbocycles. The normalized spacial score (nSPS) is 14.6. The second-order valence-electron chi connectivity index (χ2n) is 7.22. The number of H-pyrrole nitrogens is 1. The molecule has 162 valence electrons. The number of rotatable bonds is 6. The Balaban J connectivity index is 1.39. The summed E-state index contributed by atoms with van der Waals surface area (Å²) >= 11 is 11.9. The molecule has 1 N–H and O–H groups in total. The molecule has 0 atom stereocenters. The maximum atomic E-state index is 12.3. The van der Waals surface area contributed by atoms with Crippen LogP contribution in [0.25, 0.3) is 0 Å². The molecule has 1 aromatic carbocycles. The predicted molar refractivity (Wildman–Crippen MR) is 110 cm³/mol. The minimum atomic E-state index is -0.760. The number of halogens is 2. The van der Waals surface area contributed by atoms with E-state index in [9.17, 15) is 14.4 Å². The fourth-order valence-corrected chi connectivity index (χ4v) is 3.89. The van der Waals surface area contributed by atoms with Crippen molar-refractivity contribution in [2.45, 2.75) is 25.9 Å². The number of piperidine rings is 1. The van der Waals surface area contributed by atoms with Gasteiger partial charge in [0.1, 0.15) is 6.61 Å². The number of benzene rings is 1. The summed E-state index contributed by atoms with van der Waals surface area (Å²) in [4.78, 5) is 40.8. The molecule has 30 heavy (non-hydrogen) atoms. The van der Waals surface area contributed by atoms with Gasteiger partial charge in [-0.05, 0) is 54.1 Å². The van der Waals surface area contributed by atoms with Gasteiger partial charge in [-0.25, -0.2) is 9.59 Å². The first kappa shape index (κ1) is 22.2. The van der Waals surface area contributed by atoms with Crippen molar-refractivity contribution in [1.82, 2.24) is 19.9 Å². The fraction of sp³-hybridized carbons (Fsp3) is 0.474. The lowest BCUT2D eigenvalue weighted by atomic mass is 9.93. The highest BCUT2D eigenvalue weighted by molar-refractivity contribution is 6.34. The van der Waals surface area contributed by atoms with Crippen molar-refractivity contribution in [3.63, 3.8) is 0 Å². The monoisotopic (exact) mass is 456 g/mol. The molecule has 2 amide bonds. The highest BCUT2D eigenvalue weighted by atomic mass is 35.5. The van der Waals surface area contributed by atoms with E-state index in [-0.39, 0.29) is 18.5 Å². The van der Waals surface area contributed by atoms with E-state index in [0.717, 1.165) is 24.8 Å². The smallest absolute Gasteiger partial charge is 0.439 e. The summed E-state index contributed by atoms with van der Waals surface area (Å²) in [5, 5.41) is 4.39. The number of carbonyl (C=O) groups excluding carboxylic acids is 2. The van der Waals surface area contributed by atoms with Crippen LogP contribution in [0.1, 0.15) is 35.4 Å². The number of carbonyl (C=O) groups is 2. The van der Waals surface area contributed by atoms with Crippen LogP contribution in [0, 0.1) is 5.92 Å². The van der Waals surface area contributed by atoms with E-state index in [0.29, 0.717) is 35.6 Å². The number of nitrogens with zero attached hydrogens (tertiary/aromatic N) is 3. The van der Waals surface area contributed by atoms with Gasteiger partial charge >= 0.3 is 11.8 Å². The number of hydrogen-bond acceptors (Lipinski definition) is 6. The fourth-order valence-electron chi connectivity index (χ4n) is 3.32. The van der Waals surface area contributed by atoms with Crippen LogP contribution in [-0.2, 0) is 11.3 Å². The van der Waals surface area contributed by atoms with E-state index < -0.39 is 11.7 Å². The molecule has 0 radical (unpaired) electrons. The van der Waals surface area contributed by atoms with E-state index in [2.05, 4.69) is 14.7 Å². The molecule has 2 aromatic rings. The van der Waals surface area contributed by atoms with Gasteiger partial charge in [0.15, 0.2) is 0 Å². The Kier molecular flexibility index (Phi) is 7.38. The van der Waals surface area contributed by atoms with Gasteiger partial charge in [-0.2, -0.15) is 0 Å². The van der Waals surface area contributed by atoms with Crippen molar-refractivity contribution in [1.29, 1.82) is 0 Å². The first-order valence-corrected chi connectivity index (χ1v) is 10.3. The van der Waals surface area contributed by atoms with Gasteiger partial charge in [-0.15, -0.1) is 0 Å². The summed E-state index contributed by atoms with van der Waals surface area (Å²) in [6.45, 7) is 1.80.